The second-order valence-electron chi connectivity index (χ2n) is 9.74. The third-order valence-electron chi connectivity index (χ3n) is 6.21. The Morgan fingerprint density at radius 2 is 1.67 bits per heavy atom. The summed E-state index contributed by atoms with van der Waals surface area (Å²) in [4.78, 5) is 44.9. The van der Waals surface area contributed by atoms with Crippen molar-refractivity contribution in [2.75, 3.05) is 12.0 Å². The van der Waals surface area contributed by atoms with Gasteiger partial charge in [0.25, 0.3) is 5.78 Å². The van der Waals surface area contributed by atoms with Crippen LogP contribution in [0, 0.1) is 6.92 Å². The van der Waals surface area contributed by atoms with E-state index in [2.05, 4.69) is 25.8 Å². The third-order valence-corrected chi connectivity index (χ3v) is 7.47. The molecule has 1 aliphatic rings. The number of methoxy groups -OCH3 is 1. The van der Waals surface area contributed by atoms with Crippen LogP contribution in [-0.4, -0.2) is 34.7 Å². The molecule has 1 atom stereocenters. The first-order chi connectivity index (χ1) is 16.9. The monoisotopic (exact) mass is 504 g/mol. The Hall–Kier alpha value is -3.78. The molecule has 1 amide bonds. The molecule has 1 N–H and O–H groups in total. The van der Waals surface area contributed by atoms with Crippen LogP contribution >= 0.6 is 11.3 Å². The summed E-state index contributed by atoms with van der Waals surface area (Å²) in [6.07, 6.45) is 0. The lowest BCUT2D eigenvalue weighted by molar-refractivity contribution is -0.132. The van der Waals surface area contributed by atoms with Gasteiger partial charge in [0.15, 0.2) is 10.9 Å². The summed E-state index contributed by atoms with van der Waals surface area (Å²) in [5, 5.41) is 11.5. The summed E-state index contributed by atoms with van der Waals surface area (Å²) in [5.41, 5.74) is 2.47. The minimum absolute atomic E-state index is 0.0362. The molecule has 0 spiro atoms. The molecule has 0 aliphatic carbocycles. The van der Waals surface area contributed by atoms with Gasteiger partial charge in [-0.3, -0.25) is 19.3 Å². The number of benzene rings is 2. The van der Waals surface area contributed by atoms with Crippen LogP contribution < -0.4 is 9.64 Å². The van der Waals surface area contributed by atoms with Crippen LogP contribution in [0.5, 0.6) is 5.75 Å². The number of amides is 1. The molecular weight excluding hydrogens is 476 g/mol. The third kappa shape index (κ3) is 4.44. The van der Waals surface area contributed by atoms with Crippen LogP contribution in [0.15, 0.2) is 54.1 Å². The lowest BCUT2D eigenvalue weighted by Gasteiger charge is -2.24. The van der Waals surface area contributed by atoms with Gasteiger partial charge in [0.05, 0.1) is 29.3 Å². The second-order valence-corrected chi connectivity index (χ2v) is 10.7. The van der Waals surface area contributed by atoms with E-state index in [1.165, 1.54) is 18.9 Å². The van der Waals surface area contributed by atoms with Crippen LogP contribution in [0.4, 0.5) is 5.13 Å². The van der Waals surface area contributed by atoms with Crippen molar-refractivity contribution in [2.24, 2.45) is 0 Å². The molecule has 1 fully saturated rings. The Labute approximate surface area is 214 Å². The normalized spacial score (nSPS) is 17.5. The molecule has 1 aliphatic heterocycles. The number of aliphatic hydroxyl groups is 1. The van der Waals surface area contributed by atoms with Gasteiger partial charge in [-0.1, -0.05) is 56.4 Å². The number of hydrogen-bond donors (Lipinski definition) is 1. The quantitative estimate of drug-likeness (QED) is 0.211. The Balaban J connectivity index is 1.92. The Morgan fingerprint density at radius 1 is 1.06 bits per heavy atom. The number of carbonyl (C=O) groups excluding carboxylic acids is 3. The number of aryl methyl sites for hydroxylation is 1. The minimum Gasteiger partial charge on any atom is -0.507 e. The average Bonchev–Trinajstić information content (AvgIpc) is 3.35. The molecule has 8 heteroatoms. The lowest BCUT2D eigenvalue weighted by Crippen LogP contribution is -2.29. The number of thiazole rings is 1. The number of rotatable bonds is 5. The van der Waals surface area contributed by atoms with E-state index in [0.717, 1.165) is 16.9 Å². The van der Waals surface area contributed by atoms with E-state index in [-0.39, 0.29) is 27.7 Å². The molecule has 2 heterocycles. The Morgan fingerprint density at radius 3 is 2.17 bits per heavy atom. The number of aliphatic hydroxyl groups excluding tert-OH is 1. The number of aromatic nitrogens is 1. The fourth-order valence-electron chi connectivity index (χ4n) is 4.23. The van der Waals surface area contributed by atoms with Crippen molar-refractivity contribution in [3.63, 3.8) is 0 Å². The van der Waals surface area contributed by atoms with Crippen LogP contribution in [0.3, 0.4) is 0 Å². The van der Waals surface area contributed by atoms with Gasteiger partial charge in [-0.25, -0.2) is 4.98 Å². The van der Waals surface area contributed by atoms with E-state index < -0.39 is 17.7 Å². The van der Waals surface area contributed by atoms with E-state index in [0.29, 0.717) is 27.4 Å². The van der Waals surface area contributed by atoms with E-state index in [9.17, 15) is 19.5 Å². The molecule has 3 aromatic rings. The molecule has 2 aromatic carbocycles. The maximum Gasteiger partial charge on any atom is 0.301 e. The summed E-state index contributed by atoms with van der Waals surface area (Å²) >= 11 is 1.06. The molecule has 0 radical (unpaired) electrons. The number of hydrogen-bond acceptors (Lipinski definition) is 7. The molecule has 186 valence electrons. The first kappa shape index (κ1) is 25.3. The van der Waals surface area contributed by atoms with E-state index >= 15 is 0 Å². The first-order valence-corrected chi connectivity index (χ1v) is 12.3. The maximum atomic E-state index is 13.3. The molecular formula is C28H28N2O5S. The number of nitrogens with zero attached hydrogens (tertiary/aromatic N) is 2. The van der Waals surface area contributed by atoms with Crippen molar-refractivity contribution in [2.45, 2.75) is 46.1 Å². The highest BCUT2D eigenvalue weighted by atomic mass is 32.1. The zero-order chi connectivity index (χ0) is 26.4. The second kappa shape index (κ2) is 9.35. The van der Waals surface area contributed by atoms with Crippen molar-refractivity contribution in [1.82, 2.24) is 4.98 Å². The van der Waals surface area contributed by atoms with Gasteiger partial charge in [-0.05, 0) is 47.7 Å². The van der Waals surface area contributed by atoms with Gasteiger partial charge in [-0.2, -0.15) is 0 Å². The predicted molar refractivity (Wildman–Crippen MR) is 140 cm³/mol. The number of ketones is 2. The maximum absolute atomic E-state index is 13.3. The lowest BCUT2D eigenvalue weighted by atomic mass is 9.85. The molecule has 0 bridgehead atoms. The fraction of sp³-hybridized carbons (Fsp3) is 0.286. The van der Waals surface area contributed by atoms with Gasteiger partial charge in [0.2, 0.25) is 0 Å². The molecule has 4 rings (SSSR count). The summed E-state index contributed by atoms with van der Waals surface area (Å²) < 4.78 is 5.19. The zero-order valence-corrected chi connectivity index (χ0v) is 21.9. The molecule has 1 aromatic heterocycles. The first-order valence-electron chi connectivity index (χ1n) is 11.5. The highest BCUT2D eigenvalue weighted by Crippen LogP contribution is 2.44. The van der Waals surface area contributed by atoms with Gasteiger partial charge >= 0.3 is 5.91 Å². The Kier molecular flexibility index (Phi) is 6.58. The van der Waals surface area contributed by atoms with E-state index in [1.807, 2.05) is 24.3 Å². The van der Waals surface area contributed by atoms with Gasteiger partial charge in [0, 0.05) is 12.5 Å². The molecule has 1 saturated heterocycles. The van der Waals surface area contributed by atoms with E-state index in [4.69, 9.17) is 4.74 Å². The number of Topliss-reactive ketones (excluding diaryl/α,β-unsaturated/α-hetero) is 2. The summed E-state index contributed by atoms with van der Waals surface area (Å²) in [6, 6.07) is 13.3. The fourth-order valence-corrected chi connectivity index (χ4v) is 5.22. The number of ether oxygens (including phenoxy) is 1. The molecule has 0 unspecified atom stereocenters. The minimum atomic E-state index is -0.911. The largest absolute Gasteiger partial charge is 0.507 e. The van der Waals surface area contributed by atoms with Crippen molar-refractivity contribution in [3.8, 4) is 5.75 Å². The van der Waals surface area contributed by atoms with Crippen LogP contribution in [0.2, 0.25) is 0 Å². The standard InChI is InChI=1S/C28H28N2O5S/c1-15-25(16(2)31)36-27(29-15)30-22(17-7-11-19(12-8-17)28(3,4)5)21(24(33)26(30)34)23(32)18-9-13-20(35-6)14-10-18/h7-14,22,32H,1-6H3/t22-/m0/s1. The summed E-state index contributed by atoms with van der Waals surface area (Å²) in [6.45, 7) is 9.42. The van der Waals surface area contributed by atoms with Gasteiger partial charge in [0.1, 0.15) is 11.5 Å². The highest BCUT2D eigenvalue weighted by molar-refractivity contribution is 7.18. The highest BCUT2D eigenvalue weighted by Gasteiger charge is 2.48. The molecule has 7 nitrogen and oxygen atoms in total. The topological polar surface area (TPSA) is 96.8 Å². The van der Waals surface area contributed by atoms with Crippen LogP contribution in [0.25, 0.3) is 5.76 Å². The average molecular weight is 505 g/mol. The van der Waals surface area contributed by atoms with E-state index in [1.54, 1.807) is 31.2 Å². The van der Waals surface area contributed by atoms with Gasteiger partial charge < -0.3 is 9.84 Å². The van der Waals surface area contributed by atoms with Crippen molar-refractivity contribution >= 4 is 39.7 Å². The van der Waals surface area contributed by atoms with Crippen LogP contribution in [0.1, 0.15) is 65.8 Å². The smallest absolute Gasteiger partial charge is 0.301 e. The number of carbonyl (C=O) groups is 3. The molecule has 0 saturated carbocycles. The Bertz CT molecular complexity index is 1380. The van der Waals surface area contributed by atoms with Crippen molar-refractivity contribution < 1.29 is 24.2 Å². The summed E-state index contributed by atoms with van der Waals surface area (Å²) in [5.74, 6) is -1.48. The van der Waals surface area contributed by atoms with Crippen LogP contribution in [-0.2, 0) is 15.0 Å². The SMILES string of the molecule is COc1ccc(C(O)=C2C(=O)C(=O)N(c3nc(C)c(C(C)=O)s3)[C@H]2c2ccc(C(C)(C)C)cc2)cc1. The molecule has 36 heavy (non-hydrogen) atoms. The summed E-state index contributed by atoms with van der Waals surface area (Å²) in [7, 11) is 1.53. The number of anilines is 1. The van der Waals surface area contributed by atoms with Crippen molar-refractivity contribution in [1.29, 1.82) is 0 Å². The van der Waals surface area contributed by atoms with Gasteiger partial charge in [-0.15, -0.1) is 0 Å². The zero-order valence-electron chi connectivity index (χ0n) is 21.1. The van der Waals surface area contributed by atoms with Crippen molar-refractivity contribution in [3.05, 3.63) is 81.4 Å². The predicted octanol–water partition coefficient (Wildman–Crippen LogP) is 5.59.